The van der Waals surface area contributed by atoms with Gasteiger partial charge in [-0.05, 0) is 105 Å². The number of anilines is 2. The van der Waals surface area contributed by atoms with Crippen molar-refractivity contribution in [3.63, 3.8) is 0 Å². The summed E-state index contributed by atoms with van der Waals surface area (Å²) in [4.78, 5) is 24.0. The topological polar surface area (TPSA) is 134 Å². The smallest absolute Gasteiger partial charge is 0.307 e. The maximum absolute atomic E-state index is 12.1. The van der Waals surface area contributed by atoms with Crippen LogP contribution in [0.1, 0.15) is 29.5 Å². The van der Waals surface area contributed by atoms with Crippen LogP contribution in [0.2, 0.25) is 0 Å². The van der Waals surface area contributed by atoms with Crippen LogP contribution in [0.25, 0.3) is 0 Å². The first-order valence-corrected chi connectivity index (χ1v) is 12.2. The number of nitriles is 1. The molecule has 2 aliphatic heterocycles. The van der Waals surface area contributed by atoms with Gasteiger partial charge in [-0.15, -0.1) is 0 Å². The van der Waals surface area contributed by atoms with E-state index in [0.717, 1.165) is 55.0 Å². The van der Waals surface area contributed by atoms with Gasteiger partial charge in [-0.25, -0.2) is 0 Å². The summed E-state index contributed by atoms with van der Waals surface area (Å²) in [6.07, 6.45) is 2.47. The highest BCUT2D eigenvalue weighted by atomic mass is 16.4. The Morgan fingerprint density at radius 1 is 0.971 bits per heavy atom. The Bertz CT molecular complexity index is 1100. The van der Waals surface area contributed by atoms with Crippen molar-refractivity contribution >= 4 is 23.3 Å². The van der Waals surface area contributed by atoms with Gasteiger partial charge in [0.25, 0.3) is 0 Å². The molecule has 0 aromatic heterocycles. The van der Waals surface area contributed by atoms with Gasteiger partial charge < -0.3 is 26.2 Å². The summed E-state index contributed by atoms with van der Waals surface area (Å²) in [7, 11) is 0. The van der Waals surface area contributed by atoms with Crippen molar-refractivity contribution in [3.05, 3.63) is 59.2 Å². The van der Waals surface area contributed by atoms with Crippen molar-refractivity contribution in [2.75, 3.05) is 31.5 Å². The molecule has 8 heteroatoms. The van der Waals surface area contributed by atoms with Crippen LogP contribution >= 0.6 is 0 Å². The summed E-state index contributed by atoms with van der Waals surface area (Å²) >= 11 is 0. The summed E-state index contributed by atoms with van der Waals surface area (Å²) in [5, 5.41) is 39.0. The highest BCUT2D eigenvalue weighted by Crippen LogP contribution is 2.30. The van der Waals surface area contributed by atoms with Gasteiger partial charge in [-0.1, -0.05) is 12.1 Å². The molecular weight excluding hydrogens is 444 g/mol. The summed E-state index contributed by atoms with van der Waals surface area (Å²) in [5.41, 5.74) is 3.77. The van der Waals surface area contributed by atoms with Gasteiger partial charge in [0.2, 0.25) is 0 Å². The molecule has 4 rings (SSSR count). The Morgan fingerprint density at radius 3 is 2.20 bits per heavy atom. The van der Waals surface area contributed by atoms with Crippen molar-refractivity contribution in [1.82, 2.24) is 10.6 Å². The number of benzene rings is 2. The molecule has 2 saturated heterocycles. The third kappa shape index (κ3) is 6.18. The van der Waals surface area contributed by atoms with Gasteiger partial charge in [0.05, 0.1) is 23.5 Å². The highest BCUT2D eigenvalue weighted by Gasteiger charge is 2.32. The Morgan fingerprint density at radius 2 is 1.63 bits per heavy atom. The van der Waals surface area contributed by atoms with E-state index >= 15 is 0 Å². The fourth-order valence-electron chi connectivity index (χ4n) is 5.33. The first-order valence-electron chi connectivity index (χ1n) is 12.2. The molecule has 8 nitrogen and oxygen atoms in total. The lowest BCUT2D eigenvalue weighted by atomic mass is 9.85. The second kappa shape index (κ2) is 11.3. The van der Waals surface area contributed by atoms with E-state index in [0.29, 0.717) is 24.9 Å². The number of carboxylic acid groups (broad SMARTS) is 2. The van der Waals surface area contributed by atoms with Gasteiger partial charge in [0.15, 0.2) is 0 Å². The molecule has 0 amide bonds. The Labute approximate surface area is 205 Å². The monoisotopic (exact) mass is 476 g/mol. The van der Waals surface area contributed by atoms with E-state index < -0.39 is 23.8 Å². The molecule has 35 heavy (non-hydrogen) atoms. The maximum Gasteiger partial charge on any atom is 0.307 e. The average molecular weight is 477 g/mol. The quantitative estimate of drug-likeness (QED) is 0.353. The van der Waals surface area contributed by atoms with Crippen LogP contribution in [0.4, 0.5) is 11.4 Å². The largest absolute Gasteiger partial charge is 0.481 e. The van der Waals surface area contributed by atoms with E-state index in [-0.39, 0.29) is 11.8 Å². The van der Waals surface area contributed by atoms with Crippen LogP contribution in [-0.2, 0) is 22.4 Å². The normalized spacial score (nSPS) is 21.2. The molecule has 0 spiro atoms. The lowest BCUT2D eigenvalue weighted by molar-refractivity contribution is -0.144. The van der Waals surface area contributed by atoms with E-state index in [1.165, 1.54) is 0 Å². The zero-order valence-electron chi connectivity index (χ0n) is 19.7. The molecule has 0 radical (unpaired) electrons. The predicted octanol–water partition coefficient (Wildman–Crippen LogP) is 3.01. The molecule has 0 saturated carbocycles. The van der Waals surface area contributed by atoms with Crippen LogP contribution in [0.15, 0.2) is 42.5 Å². The van der Waals surface area contributed by atoms with Crippen molar-refractivity contribution in [1.29, 1.82) is 5.26 Å². The first-order chi connectivity index (χ1) is 16.9. The molecule has 0 aliphatic carbocycles. The van der Waals surface area contributed by atoms with Gasteiger partial charge in [-0.2, -0.15) is 5.26 Å². The summed E-state index contributed by atoms with van der Waals surface area (Å²) < 4.78 is 0. The predicted molar refractivity (Wildman–Crippen MR) is 132 cm³/mol. The fraction of sp³-hybridized carbons (Fsp3) is 0.444. The van der Waals surface area contributed by atoms with Crippen LogP contribution in [0.5, 0.6) is 0 Å². The number of hydrogen-bond acceptors (Lipinski definition) is 6. The second-order valence-electron chi connectivity index (χ2n) is 9.61. The molecule has 0 bridgehead atoms. The summed E-state index contributed by atoms with van der Waals surface area (Å²) in [6, 6.07) is 15.2. The van der Waals surface area contributed by atoms with Gasteiger partial charge in [-0.3, -0.25) is 9.59 Å². The van der Waals surface area contributed by atoms with E-state index in [1.54, 1.807) is 12.1 Å². The van der Waals surface area contributed by atoms with E-state index in [1.807, 2.05) is 30.3 Å². The number of nitrogens with one attached hydrogen (secondary N) is 3. The van der Waals surface area contributed by atoms with Crippen molar-refractivity contribution in [2.45, 2.75) is 25.7 Å². The number of carboxylic acids is 2. The lowest BCUT2D eigenvalue weighted by Gasteiger charge is -2.21. The van der Waals surface area contributed by atoms with Crippen LogP contribution in [0.3, 0.4) is 0 Å². The molecular formula is C27H32N4O4. The van der Waals surface area contributed by atoms with Crippen LogP contribution < -0.4 is 16.0 Å². The maximum atomic E-state index is 12.1. The SMILES string of the molecule is N#Cc1ccc(Nc2cccc(C[C@H](C(=O)O)[C@H]3CCNC3)c2)c(C[C@H](C(=O)O)[C@H]2CCNC2)c1. The Kier molecular flexibility index (Phi) is 8.01. The molecule has 2 aromatic carbocycles. The summed E-state index contributed by atoms with van der Waals surface area (Å²) in [5.74, 6) is -2.41. The van der Waals surface area contributed by atoms with Crippen molar-refractivity contribution in [3.8, 4) is 6.07 Å². The van der Waals surface area contributed by atoms with E-state index in [4.69, 9.17) is 0 Å². The van der Waals surface area contributed by atoms with E-state index in [9.17, 15) is 25.1 Å². The number of rotatable bonds is 10. The number of hydrogen-bond donors (Lipinski definition) is 5. The minimum atomic E-state index is -0.824. The molecule has 2 aliphatic rings. The molecule has 2 aromatic rings. The van der Waals surface area contributed by atoms with Gasteiger partial charge in [0, 0.05) is 11.4 Å². The molecule has 4 atom stereocenters. The standard InChI is InChI=1S/C27H32N4O4/c28-14-18-4-5-25(21(10-18)13-24(27(34)35)20-7-9-30-16-20)31-22-3-1-2-17(11-22)12-23(26(32)33)19-6-8-29-15-19/h1-5,10-11,19-20,23-24,29-31H,6-9,12-13,15-16H2,(H,32,33)(H,34,35)/t19-,20-,23-,24-/m0/s1. The lowest BCUT2D eigenvalue weighted by Crippen LogP contribution is -2.27. The first kappa shape index (κ1) is 24.7. The highest BCUT2D eigenvalue weighted by molar-refractivity contribution is 5.73. The third-order valence-electron chi connectivity index (χ3n) is 7.31. The van der Waals surface area contributed by atoms with Crippen molar-refractivity contribution in [2.24, 2.45) is 23.7 Å². The molecule has 2 heterocycles. The van der Waals surface area contributed by atoms with Crippen LogP contribution in [0, 0.1) is 35.0 Å². The van der Waals surface area contributed by atoms with Crippen molar-refractivity contribution < 1.29 is 19.8 Å². The molecule has 5 N–H and O–H groups in total. The van der Waals surface area contributed by atoms with Gasteiger partial charge >= 0.3 is 11.9 Å². The Balaban J connectivity index is 1.55. The molecule has 0 unspecified atom stereocenters. The minimum absolute atomic E-state index is 0.0486. The average Bonchev–Trinajstić information content (AvgIpc) is 3.56. The van der Waals surface area contributed by atoms with E-state index in [2.05, 4.69) is 22.0 Å². The van der Waals surface area contributed by atoms with Gasteiger partial charge in [0.1, 0.15) is 0 Å². The molecule has 184 valence electrons. The minimum Gasteiger partial charge on any atom is -0.481 e. The fourth-order valence-corrected chi connectivity index (χ4v) is 5.33. The second-order valence-corrected chi connectivity index (χ2v) is 9.61. The number of aliphatic carboxylic acids is 2. The zero-order valence-corrected chi connectivity index (χ0v) is 19.7. The third-order valence-corrected chi connectivity index (χ3v) is 7.31. The van der Waals surface area contributed by atoms with Crippen LogP contribution in [-0.4, -0.2) is 48.3 Å². The molecule has 2 fully saturated rings. The summed E-state index contributed by atoms with van der Waals surface area (Å²) in [6.45, 7) is 3.08. The Hall–Kier alpha value is -3.41. The zero-order chi connectivity index (χ0) is 24.8. The number of carbonyl (C=O) groups is 2. The number of nitrogens with zero attached hydrogens (tertiary/aromatic N) is 1.